The molecule has 2 aromatic heterocycles. The van der Waals surface area contributed by atoms with E-state index in [4.69, 9.17) is 4.74 Å². The molecule has 0 radical (unpaired) electrons. The molecule has 5 heteroatoms. The zero-order valence-corrected chi connectivity index (χ0v) is 13.7. The standard InChI is InChI=1S/C18H21N3O2/c1-11-8-13(9-12(2)23-11)21-18(22)17-15(10-19-21)14-6-4-5-7-16(14)20(17)3/h4-7,10-13H,8-9H2,1-3H3. The number of benzene rings is 1. The van der Waals surface area contributed by atoms with Gasteiger partial charge in [-0.3, -0.25) is 4.79 Å². The summed E-state index contributed by atoms with van der Waals surface area (Å²) in [5.41, 5.74) is 1.79. The molecule has 1 fully saturated rings. The number of aromatic nitrogens is 3. The molecule has 3 heterocycles. The van der Waals surface area contributed by atoms with Crippen molar-refractivity contribution in [3.05, 3.63) is 40.8 Å². The van der Waals surface area contributed by atoms with Crippen LogP contribution in [-0.2, 0) is 11.8 Å². The Balaban J connectivity index is 1.93. The van der Waals surface area contributed by atoms with Gasteiger partial charge in [0.25, 0.3) is 5.56 Å². The second-order valence-electron chi connectivity index (χ2n) is 6.62. The lowest BCUT2D eigenvalue weighted by Gasteiger charge is -2.32. The van der Waals surface area contributed by atoms with Gasteiger partial charge in [0.15, 0.2) is 0 Å². The molecule has 0 aliphatic carbocycles. The van der Waals surface area contributed by atoms with Crippen LogP contribution in [0.2, 0.25) is 0 Å². The van der Waals surface area contributed by atoms with Crippen LogP contribution in [-0.4, -0.2) is 26.6 Å². The first-order chi connectivity index (χ1) is 11.1. The Morgan fingerprint density at radius 2 is 1.83 bits per heavy atom. The van der Waals surface area contributed by atoms with Crippen molar-refractivity contribution < 1.29 is 4.74 Å². The topological polar surface area (TPSA) is 49.0 Å². The summed E-state index contributed by atoms with van der Waals surface area (Å²) in [7, 11) is 1.95. The fourth-order valence-corrected chi connectivity index (χ4v) is 3.92. The van der Waals surface area contributed by atoms with Crippen LogP contribution in [0.5, 0.6) is 0 Å². The van der Waals surface area contributed by atoms with Crippen molar-refractivity contribution in [2.75, 3.05) is 0 Å². The number of hydrogen-bond donors (Lipinski definition) is 0. The van der Waals surface area contributed by atoms with Crippen molar-refractivity contribution in [3.8, 4) is 0 Å². The highest BCUT2D eigenvalue weighted by Crippen LogP contribution is 2.29. The molecule has 1 saturated heterocycles. The summed E-state index contributed by atoms with van der Waals surface area (Å²) in [4.78, 5) is 13.1. The van der Waals surface area contributed by atoms with Gasteiger partial charge in [0.05, 0.1) is 24.4 Å². The maximum absolute atomic E-state index is 13.1. The molecule has 4 rings (SSSR count). The van der Waals surface area contributed by atoms with Crippen LogP contribution in [0.25, 0.3) is 21.8 Å². The molecule has 0 amide bonds. The highest BCUT2D eigenvalue weighted by molar-refractivity contribution is 6.07. The first-order valence-electron chi connectivity index (χ1n) is 8.16. The number of rotatable bonds is 1. The molecule has 120 valence electrons. The van der Waals surface area contributed by atoms with Crippen LogP contribution in [0.1, 0.15) is 32.7 Å². The molecule has 1 aliphatic rings. The molecule has 1 aromatic carbocycles. The summed E-state index contributed by atoms with van der Waals surface area (Å²) in [5, 5.41) is 6.51. The highest BCUT2D eigenvalue weighted by Gasteiger charge is 2.28. The van der Waals surface area contributed by atoms with Gasteiger partial charge in [-0.15, -0.1) is 0 Å². The Bertz CT molecular complexity index is 930. The molecule has 5 nitrogen and oxygen atoms in total. The SMILES string of the molecule is CC1CC(n2ncc3c4ccccc4n(C)c3c2=O)CC(C)O1. The number of para-hydroxylation sites is 1. The van der Waals surface area contributed by atoms with E-state index in [1.807, 2.05) is 42.1 Å². The van der Waals surface area contributed by atoms with Crippen LogP contribution in [0, 0.1) is 0 Å². The van der Waals surface area contributed by atoms with E-state index >= 15 is 0 Å². The minimum atomic E-state index is -0.00694. The summed E-state index contributed by atoms with van der Waals surface area (Å²) in [5.74, 6) is 0. The van der Waals surface area contributed by atoms with Crippen LogP contribution in [0.3, 0.4) is 0 Å². The Kier molecular flexibility index (Phi) is 3.27. The number of ether oxygens (including phenoxy) is 1. The third-order valence-electron chi connectivity index (χ3n) is 4.89. The summed E-state index contributed by atoms with van der Waals surface area (Å²) in [6.07, 6.45) is 3.80. The summed E-state index contributed by atoms with van der Waals surface area (Å²) < 4.78 is 9.44. The number of hydrogen-bond acceptors (Lipinski definition) is 3. The maximum atomic E-state index is 13.1. The molecule has 0 bridgehead atoms. The Morgan fingerprint density at radius 1 is 1.13 bits per heavy atom. The molecular weight excluding hydrogens is 290 g/mol. The van der Waals surface area contributed by atoms with Gasteiger partial charge in [0, 0.05) is 23.3 Å². The largest absolute Gasteiger partial charge is 0.375 e. The van der Waals surface area contributed by atoms with Crippen molar-refractivity contribution in [2.24, 2.45) is 7.05 Å². The van der Waals surface area contributed by atoms with E-state index in [0.29, 0.717) is 0 Å². The highest BCUT2D eigenvalue weighted by atomic mass is 16.5. The molecule has 1 aliphatic heterocycles. The zero-order chi connectivity index (χ0) is 16.1. The second-order valence-corrected chi connectivity index (χ2v) is 6.62. The predicted octanol–water partition coefficient (Wildman–Crippen LogP) is 3.02. The van der Waals surface area contributed by atoms with Gasteiger partial charge in [0.1, 0.15) is 5.52 Å². The van der Waals surface area contributed by atoms with E-state index in [-0.39, 0.29) is 23.8 Å². The summed E-state index contributed by atoms with van der Waals surface area (Å²) >= 11 is 0. The van der Waals surface area contributed by atoms with Gasteiger partial charge >= 0.3 is 0 Å². The van der Waals surface area contributed by atoms with E-state index in [1.165, 1.54) is 0 Å². The lowest BCUT2D eigenvalue weighted by atomic mass is 10.00. The number of fused-ring (bicyclic) bond motifs is 3. The van der Waals surface area contributed by atoms with E-state index in [2.05, 4.69) is 18.9 Å². The van der Waals surface area contributed by atoms with Crippen molar-refractivity contribution >= 4 is 21.8 Å². The molecule has 0 N–H and O–H groups in total. The lowest BCUT2D eigenvalue weighted by Crippen LogP contribution is -2.36. The first-order valence-corrected chi connectivity index (χ1v) is 8.16. The fourth-order valence-electron chi connectivity index (χ4n) is 3.92. The van der Waals surface area contributed by atoms with Crippen LogP contribution in [0.15, 0.2) is 35.3 Å². The van der Waals surface area contributed by atoms with E-state index in [1.54, 1.807) is 4.68 Å². The zero-order valence-electron chi connectivity index (χ0n) is 13.7. The van der Waals surface area contributed by atoms with Crippen molar-refractivity contribution in [2.45, 2.75) is 44.9 Å². The van der Waals surface area contributed by atoms with Gasteiger partial charge in [-0.1, -0.05) is 18.2 Å². The third-order valence-corrected chi connectivity index (χ3v) is 4.89. The van der Waals surface area contributed by atoms with E-state index in [0.717, 1.165) is 34.6 Å². The molecule has 0 spiro atoms. The minimum Gasteiger partial charge on any atom is -0.375 e. The Morgan fingerprint density at radius 3 is 2.57 bits per heavy atom. The lowest BCUT2D eigenvalue weighted by molar-refractivity contribution is -0.0513. The van der Waals surface area contributed by atoms with Gasteiger partial charge in [-0.25, -0.2) is 4.68 Å². The van der Waals surface area contributed by atoms with Gasteiger partial charge in [-0.05, 0) is 32.8 Å². The minimum absolute atomic E-state index is 0.00694. The van der Waals surface area contributed by atoms with Gasteiger partial charge in [-0.2, -0.15) is 5.10 Å². The molecule has 23 heavy (non-hydrogen) atoms. The van der Waals surface area contributed by atoms with E-state index < -0.39 is 0 Å². The Hall–Kier alpha value is -2.14. The van der Waals surface area contributed by atoms with Gasteiger partial charge in [0.2, 0.25) is 0 Å². The van der Waals surface area contributed by atoms with Crippen molar-refractivity contribution in [1.29, 1.82) is 0 Å². The maximum Gasteiger partial charge on any atom is 0.291 e. The molecule has 2 atom stereocenters. The predicted molar refractivity (Wildman–Crippen MR) is 90.8 cm³/mol. The van der Waals surface area contributed by atoms with Crippen LogP contribution >= 0.6 is 0 Å². The normalized spacial score (nSPS) is 25.3. The van der Waals surface area contributed by atoms with Crippen LogP contribution in [0.4, 0.5) is 0 Å². The smallest absolute Gasteiger partial charge is 0.291 e. The molecule has 3 aromatic rings. The average molecular weight is 311 g/mol. The molecule has 0 saturated carbocycles. The Labute approximate surface area is 134 Å². The van der Waals surface area contributed by atoms with Crippen molar-refractivity contribution in [1.82, 2.24) is 14.3 Å². The van der Waals surface area contributed by atoms with Gasteiger partial charge < -0.3 is 9.30 Å². The third kappa shape index (κ3) is 2.18. The monoisotopic (exact) mass is 311 g/mol. The summed E-state index contributed by atoms with van der Waals surface area (Å²) in [6, 6.07) is 8.17. The van der Waals surface area contributed by atoms with E-state index in [9.17, 15) is 4.79 Å². The first kappa shape index (κ1) is 14.5. The average Bonchev–Trinajstić information content (AvgIpc) is 2.81. The summed E-state index contributed by atoms with van der Waals surface area (Å²) in [6.45, 7) is 4.12. The fraction of sp³-hybridized carbons (Fsp3) is 0.444. The molecule has 2 unspecified atom stereocenters. The molecular formula is C18H21N3O2. The van der Waals surface area contributed by atoms with Crippen molar-refractivity contribution in [3.63, 3.8) is 0 Å². The number of aryl methyl sites for hydroxylation is 1. The van der Waals surface area contributed by atoms with Crippen LogP contribution < -0.4 is 5.56 Å². The second kappa shape index (κ2) is 5.20. The quantitative estimate of drug-likeness (QED) is 0.694. The number of nitrogens with zero attached hydrogens (tertiary/aromatic N) is 3.